The summed E-state index contributed by atoms with van der Waals surface area (Å²) in [7, 11) is 1.37. The Balaban J connectivity index is 1.97. The van der Waals surface area contributed by atoms with E-state index in [0.717, 1.165) is 16.9 Å². The van der Waals surface area contributed by atoms with E-state index in [0.29, 0.717) is 10.3 Å². The average Bonchev–Trinajstić information content (AvgIpc) is 2.97. The summed E-state index contributed by atoms with van der Waals surface area (Å²) < 4.78 is 7.23. The monoisotopic (exact) mass is 310 g/mol. The van der Waals surface area contributed by atoms with Crippen molar-refractivity contribution in [3.63, 3.8) is 0 Å². The Morgan fingerprint density at radius 1 is 1.09 bits per heavy atom. The summed E-state index contributed by atoms with van der Waals surface area (Å²) in [5, 5.41) is 0. The molecule has 0 bridgehead atoms. The van der Waals surface area contributed by atoms with Gasteiger partial charge in [0.1, 0.15) is 0 Å². The molecule has 0 atom stereocenters. The van der Waals surface area contributed by atoms with E-state index in [9.17, 15) is 4.79 Å². The lowest BCUT2D eigenvalue weighted by molar-refractivity contribution is 0.0601. The van der Waals surface area contributed by atoms with E-state index in [1.165, 1.54) is 7.11 Å². The molecule has 0 unspecified atom stereocenters. The number of hydrogen-bond acceptors (Lipinski definition) is 3. The van der Waals surface area contributed by atoms with E-state index in [1.54, 1.807) is 12.1 Å². The lowest BCUT2D eigenvalue weighted by Gasteiger charge is -2.02. The number of hydrogen-bond donors (Lipinski definition) is 1. The fourth-order valence-corrected chi connectivity index (χ4v) is 2.49. The number of nitrogens with one attached hydrogen (secondary N) is 1. The van der Waals surface area contributed by atoms with Crippen LogP contribution in [0, 0.1) is 4.77 Å². The van der Waals surface area contributed by atoms with Crippen LogP contribution >= 0.6 is 12.2 Å². The van der Waals surface area contributed by atoms with E-state index in [-0.39, 0.29) is 5.97 Å². The Labute approximate surface area is 133 Å². The summed E-state index contributed by atoms with van der Waals surface area (Å²) in [5.74, 6) is -0.346. The van der Waals surface area contributed by atoms with Gasteiger partial charge in [-0.2, -0.15) is 0 Å². The number of aromatic nitrogens is 2. The van der Waals surface area contributed by atoms with Crippen LogP contribution in [0.15, 0.2) is 60.8 Å². The van der Waals surface area contributed by atoms with Crippen LogP contribution in [-0.4, -0.2) is 22.6 Å². The van der Waals surface area contributed by atoms with Crippen LogP contribution in [0.25, 0.3) is 16.9 Å². The van der Waals surface area contributed by atoms with Crippen molar-refractivity contribution in [1.82, 2.24) is 9.55 Å². The van der Waals surface area contributed by atoms with Gasteiger partial charge in [0.25, 0.3) is 0 Å². The standard InChI is InChI=1S/C17H14N2O2S/c1-21-16(20)13-9-7-12(8-10-13)15-11-19(17(22)18-15)14-5-3-2-4-6-14/h2-11H,1H3,(H,18,22). The van der Waals surface area contributed by atoms with Crippen LogP contribution in [0.5, 0.6) is 0 Å². The highest BCUT2D eigenvalue weighted by molar-refractivity contribution is 7.71. The van der Waals surface area contributed by atoms with E-state index < -0.39 is 0 Å². The summed E-state index contributed by atoms with van der Waals surface area (Å²) in [6, 6.07) is 17.1. The topological polar surface area (TPSA) is 47.0 Å². The molecule has 0 spiro atoms. The quantitative estimate of drug-likeness (QED) is 0.588. The second-order valence-electron chi connectivity index (χ2n) is 4.75. The molecule has 0 amide bonds. The predicted molar refractivity (Wildman–Crippen MR) is 87.7 cm³/mol. The third kappa shape index (κ3) is 2.71. The second-order valence-corrected chi connectivity index (χ2v) is 5.13. The molecule has 0 aliphatic carbocycles. The minimum atomic E-state index is -0.346. The third-order valence-corrected chi connectivity index (χ3v) is 3.67. The third-order valence-electron chi connectivity index (χ3n) is 3.37. The summed E-state index contributed by atoms with van der Waals surface area (Å²) in [6.07, 6.45) is 1.95. The molecule has 3 aromatic rings. The number of nitrogens with zero attached hydrogens (tertiary/aromatic N) is 1. The Bertz CT molecular complexity index is 848. The number of para-hydroxylation sites is 1. The van der Waals surface area contributed by atoms with Crippen molar-refractivity contribution >= 4 is 18.2 Å². The number of methoxy groups -OCH3 is 1. The molecule has 3 rings (SSSR count). The number of carbonyl (C=O) groups is 1. The minimum absolute atomic E-state index is 0.346. The first kappa shape index (κ1) is 14.3. The van der Waals surface area contributed by atoms with E-state index in [2.05, 4.69) is 4.98 Å². The van der Waals surface area contributed by atoms with Gasteiger partial charge in [-0.1, -0.05) is 30.3 Å². The fraction of sp³-hybridized carbons (Fsp3) is 0.0588. The zero-order valence-electron chi connectivity index (χ0n) is 11.9. The number of carbonyl (C=O) groups excluding carboxylic acids is 1. The lowest BCUT2D eigenvalue weighted by atomic mass is 10.1. The molecule has 5 heteroatoms. The van der Waals surface area contributed by atoms with Crippen LogP contribution in [0.1, 0.15) is 10.4 Å². The van der Waals surface area contributed by atoms with Crippen LogP contribution < -0.4 is 0 Å². The first-order valence-electron chi connectivity index (χ1n) is 6.75. The molecule has 0 saturated heterocycles. The summed E-state index contributed by atoms with van der Waals surface area (Å²) >= 11 is 5.37. The molecule has 0 fully saturated rings. The van der Waals surface area contributed by atoms with Crippen molar-refractivity contribution < 1.29 is 9.53 Å². The highest BCUT2D eigenvalue weighted by Crippen LogP contribution is 2.20. The molecule has 0 aliphatic heterocycles. The van der Waals surface area contributed by atoms with Crippen molar-refractivity contribution in [2.24, 2.45) is 0 Å². The number of imidazole rings is 1. The SMILES string of the molecule is COC(=O)c1ccc(-c2cn(-c3ccccc3)c(=S)[nH]2)cc1. The molecule has 22 heavy (non-hydrogen) atoms. The van der Waals surface area contributed by atoms with Gasteiger partial charge in [-0.05, 0) is 42.0 Å². The first-order chi connectivity index (χ1) is 10.7. The Hall–Kier alpha value is -2.66. The van der Waals surface area contributed by atoms with Gasteiger partial charge >= 0.3 is 5.97 Å². The van der Waals surface area contributed by atoms with Gasteiger partial charge in [0.05, 0.1) is 18.4 Å². The van der Waals surface area contributed by atoms with Crippen molar-refractivity contribution in [3.8, 4) is 16.9 Å². The molecule has 2 aromatic carbocycles. The van der Waals surface area contributed by atoms with Gasteiger partial charge in [-0.25, -0.2) is 4.79 Å². The van der Waals surface area contributed by atoms with Crippen LogP contribution in [0.4, 0.5) is 0 Å². The lowest BCUT2D eigenvalue weighted by Crippen LogP contribution is -2.00. The number of rotatable bonds is 3. The molecule has 0 saturated carbocycles. The van der Waals surface area contributed by atoms with Gasteiger partial charge in [0, 0.05) is 11.9 Å². The summed E-state index contributed by atoms with van der Waals surface area (Å²) in [5.41, 5.74) is 3.37. The van der Waals surface area contributed by atoms with Crippen LogP contribution in [-0.2, 0) is 4.74 Å². The molecule has 110 valence electrons. The van der Waals surface area contributed by atoms with Crippen molar-refractivity contribution in [1.29, 1.82) is 0 Å². The maximum absolute atomic E-state index is 11.5. The zero-order chi connectivity index (χ0) is 15.5. The first-order valence-corrected chi connectivity index (χ1v) is 7.16. The largest absolute Gasteiger partial charge is 0.465 e. The highest BCUT2D eigenvalue weighted by atomic mass is 32.1. The number of benzene rings is 2. The van der Waals surface area contributed by atoms with Crippen LogP contribution in [0.2, 0.25) is 0 Å². The zero-order valence-corrected chi connectivity index (χ0v) is 12.8. The smallest absolute Gasteiger partial charge is 0.337 e. The van der Waals surface area contributed by atoms with Crippen molar-refractivity contribution in [3.05, 3.63) is 71.1 Å². The highest BCUT2D eigenvalue weighted by Gasteiger charge is 2.08. The average molecular weight is 310 g/mol. The van der Waals surface area contributed by atoms with Gasteiger partial charge in [-0.3, -0.25) is 4.57 Å². The fourth-order valence-electron chi connectivity index (χ4n) is 2.23. The second kappa shape index (κ2) is 5.99. The maximum atomic E-state index is 11.5. The van der Waals surface area contributed by atoms with E-state index >= 15 is 0 Å². The normalized spacial score (nSPS) is 10.4. The molecular formula is C17H14N2O2S. The van der Waals surface area contributed by atoms with Crippen LogP contribution in [0.3, 0.4) is 0 Å². The Morgan fingerprint density at radius 3 is 2.41 bits per heavy atom. The molecule has 1 heterocycles. The maximum Gasteiger partial charge on any atom is 0.337 e. The molecule has 4 nitrogen and oxygen atoms in total. The minimum Gasteiger partial charge on any atom is -0.465 e. The Morgan fingerprint density at radius 2 is 1.77 bits per heavy atom. The van der Waals surface area contributed by atoms with Crippen molar-refractivity contribution in [2.45, 2.75) is 0 Å². The molecular weight excluding hydrogens is 296 g/mol. The van der Waals surface area contributed by atoms with Gasteiger partial charge < -0.3 is 9.72 Å². The van der Waals surface area contributed by atoms with E-state index in [4.69, 9.17) is 17.0 Å². The number of aromatic amines is 1. The molecule has 0 radical (unpaired) electrons. The molecule has 0 aliphatic rings. The molecule has 1 N–H and O–H groups in total. The van der Waals surface area contributed by atoms with Crippen molar-refractivity contribution in [2.75, 3.05) is 7.11 Å². The number of esters is 1. The van der Waals surface area contributed by atoms with Gasteiger partial charge in [0.2, 0.25) is 0 Å². The summed E-state index contributed by atoms with van der Waals surface area (Å²) in [4.78, 5) is 14.6. The molecule has 1 aromatic heterocycles. The predicted octanol–water partition coefficient (Wildman–Crippen LogP) is 3.99. The van der Waals surface area contributed by atoms with E-state index in [1.807, 2.05) is 53.2 Å². The Kier molecular flexibility index (Phi) is 3.89. The van der Waals surface area contributed by atoms with Gasteiger partial charge in [0.15, 0.2) is 4.77 Å². The number of ether oxygens (including phenoxy) is 1. The summed E-state index contributed by atoms with van der Waals surface area (Å²) in [6.45, 7) is 0. The van der Waals surface area contributed by atoms with Gasteiger partial charge in [-0.15, -0.1) is 0 Å². The number of H-pyrrole nitrogens is 1.